The van der Waals surface area contributed by atoms with Crippen LogP contribution in [-0.2, 0) is 28.6 Å². The topological polar surface area (TPSA) is 82.1 Å². The minimum atomic E-state index is -0.376. The number of piperidine rings is 1. The van der Waals surface area contributed by atoms with Gasteiger partial charge in [0.05, 0.1) is 11.8 Å². The molecule has 4 saturated carbocycles. The zero-order valence-electron chi connectivity index (χ0n) is 32.8. The lowest BCUT2D eigenvalue weighted by Crippen LogP contribution is -2.45. The summed E-state index contributed by atoms with van der Waals surface area (Å²) < 4.78 is 17.3. The van der Waals surface area contributed by atoms with Gasteiger partial charge in [0, 0.05) is 31.6 Å². The number of carbonyl (C=O) groups excluding carboxylic acids is 3. The molecular weight excluding hydrogens is 663 g/mol. The SMILES string of the molecule is CCCCC/C=C\C/C=C\CCCCCCCC(=O)OCC(COC(=O)CC1C2CC3CC(C2)CC1C3)COC(=O)C1CCN(c2ccccc2)CC1. The Balaban J connectivity index is 0.981. The Bertz CT molecular complexity index is 1260. The van der Waals surface area contributed by atoms with Gasteiger partial charge in [0.25, 0.3) is 0 Å². The van der Waals surface area contributed by atoms with E-state index in [0.29, 0.717) is 30.6 Å². The Morgan fingerprint density at radius 3 is 1.94 bits per heavy atom. The molecule has 1 atom stereocenters. The van der Waals surface area contributed by atoms with E-state index in [1.54, 1.807) is 0 Å². The van der Waals surface area contributed by atoms with E-state index in [0.717, 1.165) is 69.9 Å². The molecule has 1 saturated heterocycles. The average Bonchev–Trinajstić information content (AvgIpc) is 3.17. The predicted molar refractivity (Wildman–Crippen MR) is 212 cm³/mol. The Morgan fingerprint density at radius 1 is 0.698 bits per heavy atom. The standard InChI is InChI=1S/C46H69NO6/c1-2-3-4-5-6-7-8-9-10-11-12-13-14-15-19-22-44(48)51-33-38(34-52-45(49)32-43-40-28-36-27-37(30-40)31-41(43)29-36)35-53-46(50)39-23-25-47(26-24-39)42-20-17-16-18-21-42/h6-7,9-10,16-18,20-21,36-41,43H,2-5,8,11-15,19,22-35H2,1H3/b7-6-,10-9-. The van der Waals surface area contributed by atoms with Crippen LogP contribution in [0.1, 0.15) is 135 Å². The number of carbonyl (C=O) groups is 3. The summed E-state index contributed by atoms with van der Waals surface area (Å²) in [6.45, 7) is 4.12. The van der Waals surface area contributed by atoms with Crippen LogP contribution in [0.3, 0.4) is 0 Å². The van der Waals surface area contributed by atoms with Crippen molar-refractivity contribution in [2.75, 3.05) is 37.8 Å². The third-order valence-corrected chi connectivity index (χ3v) is 12.5. The number of hydrogen-bond acceptors (Lipinski definition) is 7. The van der Waals surface area contributed by atoms with Gasteiger partial charge >= 0.3 is 17.9 Å². The van der Waals surface area contributed by atoms with Crippen molar-refractivity contribution in [3.8, 4) is 0 Å². The molecule has 1 unspecified atom stereocenters. The summed E-state index contributed by atoms with van der Waals surface area (Å²) in [5.74, 6) is 2.37. The third kappa shape index (κ3) is 14.2. The maximum Gasteiger partial charge on any atom is 0.309 e. The van der Waals surface area contributed by atoms with Crippen LogP contribution in [-0.4, -0.2) is 50.8 Å². The van der Waals surface area contributed by atoms with Gasteiger partial charge in [-0.1, -0.05) is 81.5 Å². The fourth-order valence-electron chi connectivity index (χ4n) is 9.67. The first-order valence-electron chi connectivity index (χ1n) is 21.6. The molecule has 5 aliphatic rings. The minimum Gasteiger partial charge on any atom is -0.465 e. The second-order valence-electron chi connectivity index (χ2n) is 16.7. The number of anilines is 1. The summed E-state index contributed by atoms with van der Waals surface area (Å²) in [4.78, 5) is 41.3. The minimum absolute atomic E-state index is 0.0834. The van der Waals surface area contributed by atoms with E-state index in [1.807, 2.05) is 18.2 Å². The summed E-state index contributed by atoms with van der Waals surface area (Å²) in [5.41, 5.74) is 1.18. The van der Waals surface area contributed by atoms with Gasteiger partial charge in [0.1, 0.15) is 19.8 Å². The van der Waals surface area contributed by atoms with Gasteiger partial charge in [-0.2, -0.15) is 0 Å². The second-order valence-corrected chi connectivity index (χ2v) is 16.7. The highest BCUT2D eigenvalue weighted by Crippen LogP contribution is 2.57. The lowest BCUT2D eigenvalue weighted by Gasteiger charge is -2.54. The van der Waals surface area contributed by atoms with Gasteiger partial charge in [-0.25, -0.2) is 0 Å². The Kier molecular flexibility index (Phi) is 17.8. The van der Waals surface area contributed by atoms with Crippen LogP contribution in [0.5, 0.6) is 0 Å². The highest BCUT2D eigenvalue weighted by atomic mass is 16.6. The number of benzene rings is 1. The molecule has 0 spiro atoms. The van der Waals surface area contributed by atoms with E-state index >= 15 is 0 Å². The molecule has 7 nitrogen and oxygen atoms in total. The largest absolute Gasteiger partial charge is 0.465 e. The molecule has 0 aromatic heterocycles. The molecule has 0 N–H and O–H groups in total. The van der Waals surface area contributed by atoms with Crippen LogP contribution < -0.4 is 4.90 Å². The summed E-state index contributed by atoms with van der Waals surface area (Å²) in [7, 11) is 0. The Labute approximate surface area is 320 Å². The predicted octanol–water partition coefficient (Wildman–Crippen LogP) is 10.4. The number of allylic oxidation sites excluding steroid dienone is 4. The number of esters is 3. The van der Waals surface area contributed by atoms with Crippen molar-refractivity contribution in [1.29, 1.82) is 0 Å². The van der Waals surface area contributed by atoms with Gasteiger partial charge in [-0.3, -0.25) is 14.4 Å². The normalized spacial score (nSPS) is 24.5. The molecular formula is C46H69NO6. The molecule has 7 heteroatoms. The molecule has 5 fully saturated rings. The number of para-hydroxylation sites is 1. The lowest BCUT2D eigenvalue weighted by atomic mass is 9.51. The van der Waals surface area contributed by atoms with E-state index in [1.165, 1.54) is 76.3 Å². The van der Waals surface area contributed by atoms with Crippen molar-refractivity contribution in [1.82, 2.24) is 0 Å². The van der Waals surface area contributed by atoms with Crippen LogP contribution in [0.25, 0.3) is 0 Å². The molecule has 1 aromatic rings. The van der Waals surface area contributed by atoms with Crippen LogP contribution in [0.15, 0.2) is 54.6 Å². The van der Waals surface area contributed by atoms with Crippen LogP contribution in [0.2, 0.25) is 0 Å². The monoisotopic (exact) mass is 732 g/mol. The summed E-state index contributed by atoms with van der Waals surface area (Å²) >= 11 is 0. The fraction of sp³-hybridized carbons (Fsp3) is 0.717. The summed E-state index contributed by atoms with van der Waals surface area (Å²) in [5, 5.41) is 0. The number of hydrogen-bond donors (Lipinski definition) is 0. The second kappa shape index (κ2) is 23.0. The molecule has 0 radical (unpaired) electrons. The first-order chi connectivity index (χ1) is 26.0. The first kappa shape index (κ1) is 41.1. The number of unbranched alkanes of at least 4 members (excludes halogenated alkanes) is 8. The molecule has 53 heavy (non-hydrogen) atoms. The van der Waals surface area contributed by atoms with Crippen molar-refractivity contribution >= 4 is 23.6 Å². The number of rotatable bonds is 24. The smallest absolute Gasteiger partial charge is 0.309 e. The summed E-state index contributed by atoms with van der Waals surface area (Å²) in [6, 6.07) is 10.3. The van der Waals surface area contributed by atoms with E-state index in [4.69, 9.17) is 14.2 Å². The number of nitrogens with zero attached hydrogens (tertiary/aromatic N) is 1. The Hall–Kier alpha value is -3.09. The quantitative estimate of drug-likeness (QED) is 0.0453. The molecule has 4 bridgehead atoms. The first-order valence-corrected chi connectivity index (χ1v) is 21.6. The van der Waals surface area contributed by atoms with Crippen LogP contribution in [0.4, 0.5) is 5.69 Å². The van der Waals surface area contributed by atoms with Crippen LogP contribution in [0, 0.1) is 41.4 Å². The highest BCUT2D eigenvalue weighted by molar-refractivity contribution is 5.73. The third-order valence-electron chi connectivity index (χ3n) is 12.5. The van der Waals surface area contributed by atoms with Crippen molar-refractivity contribution in [2.24, 2.45) is 41.4 Å². The molecule has 1 heterocycles. The van der Waals surface area contributed by atoms with Gasteiger partial charge in [-0.15, -0.1) is 0 Å². The maximum atomic E-state index is 13.1. The van der Waals surface area contributed by atoms with E-state index in [2.05, 4.69) is 48.3 Å². The molecule has 1 aliphatic heterocycles. The lowest BCUT2D eigenvalue weighted by molar-refractivity contribution is -0.157. The van der Waals surface area contributed by atoms with Crippen molar-refractivity contribution in [2.45, 2.75) is 135 Å². The summed E-state index contributed by atoms with van der Waals surface area (Å²) in [6.07, 6.45) is 30.4. The average molecular weight is 732 g/mol. The van der Waals surface area contributed by atoms with Crippen molar-refractivity contribution < 1.29 is 28.6 Å². The van der Waals surface area contributed by atoms with E-state index in [9.17, 15) is 14.4 Å². The van der Waals surface area contributed by atoms with Crippen LogP contribution >= 0.6 is 0 Å². The van der Waals surface area contributed by atoms with Gasteiger partial charge in [-0.05, 0) is 125 Å². The Morgan fingerprint density at radius 2 is 1.28 bits per heavy atom. The van der Waals surface area contributed by atoms with Gasteiger partial charge < -0.3 is 19.1 Å². The van der Waals surface area contributed by atoms with Crippen molar-refractivity contribution in [3.63, 3.8) is 0 Å². The van der Waals surface area contributed by atoms with Gasteiger partial charge in [0.15, 0.2) is 0 Å². The van der Waals surface area contributed by atoms with Crippen molar-refractivity contribution in [3.05, 3.63) is 54.6 Å². The molecule has 6 rings (SSSR count). The number of ether oxygens (including phenoxy) is 3. The molecule has 4 aliphatic carbocycles. The molecule has 0 amide bonds. The maximum absolute atomic E-state index is 13.1. The zero-order chi connectivity index (χ0) is 37.1. The van der Waals surface area contributed by atoms with Gasteiger partial charge in [0.2, 0.25) is 0 Å². The molecule has 294 valence electrons. The highest BCUT2D eigenvalue weighted by Gasteiger charge is 2.48. The fourth-order valence-corrected chi connectivity index (χ4v) is 9.67. The zero-order valence-corrected chi connectivity index (χ0v) is 32.8. The molecule has 1 aromatic carbocycles. The van der Waals surface area contributed by atoms with E-state index < -0.39 is 0 Å². The van der Waals surface area contributed by atoms with E-state index in [-0.39, 0.29) is 49.6 Å².